The summed E-state index contributed by atoms with van der Waals surface area (Å²) in [6, 6.07) is 8.11. The molecule has 0 radical (unpaired) electrons. The summed E-state index contributed by atoms with van der Waals surface area (Å²) in [6.07, 6.45) is 1.39. The number of rotatable bonds is 6. The number of amides is 2. The third-order valence-corrected chi connectivity index (χ3v) is 6.71. The van der Waals surface area contributed by atoms with Crippen molar-refractivity contribution in [2.24, 2.45) is 0 Å². The zero-order chi connectivity index (χ0) is 18.7. The Balaban J connectivity index is 1.64. The summed E-state index contributed by atoms with van der Waals surface area (Å²) in [5, 5.41) is 2.67. The van der Waals surface area contributed by atoms with Gasteiger partial charge >= 0.3 is 0 Å². The van der Waals surface area contributed by atoms with Crippen molar-refractivity contribution >= 4 is 39.1 Å². The highest BCUT2D eigenvalue weighted by atomic mass is 32.2. The number of hydrogen-bond donors (Lipinski definition) is 1. The Kier molecular flexibility index (Phi) is 5.38. The van der Waals surface area contributed by atoms with Crippen molar-refractivity contribution in [1.82, 2.24) is 4.90 Å². The Morgan fingerprint density at radius 2 is 2.15 bits per heavy atom. The van der Waals surface area contributed by atoms with Gasteiger partial charge in [-0.05, 0) is 30.3 Å². The summed E-state index contributed by atoms with van der Waals surface area (Å²) < 4.78 is 30.3. The lowest BCUT2D eigenvalue weighted by atomic mass is 10.3. The molecule has 0 spiro atoms. The Morgan fingerprint density at radius 3 is 2.88 bits per heavy atom. The molecule has 0 fully saturated rings. The van der Waals surface area contributed by atoms with Crippen LogP contribution in [0.2, 0.25) is 0 Å². The number of benzene rings is 1. The third-order valence-electron chi connectivity index (χ3n) is 3.93. The number of nitrogens with zero attached hydrogens (tertiary/aromatic N) is 1. The number of hydrogen-bond acceptors (Lipinski definition) is 6. The number of nitrogens with one attached hydrogen (secondary N) is 1. The molecular weight excluding hydrogens is 376 g/mol. The summed E-state index contributed by atoms with van der Waals surface area (Å²) in [7, 11) is -2.03. The number of carbonyl (C=O) groups excluding carboxylic acids is 2. The predicted molar refractivity (Wildman–Crippen MR) is 97.6 cm³/mol. The van der Waals surface area contributed by atoms with Gasteiger partial charge in [-0.15, -0.1) is 11.8 Å². The molecule has 9 heteroatoms. The summed E-state index contributed by atoms with van der Waals surface area (Å²) in [5.74, 6) is 0.203. The Hall–Kier alpha value is -2.26. The minimum absolute atomic E-state index is 0.0977. The van der Waals surface area contributed by atoms with Crippen LogP contribution in [0.4, 0.5) is 5.69 Å². The van der Waals surface area contributed by atoms with Crippen molar-refractivity contribution in [1.29, 1.82) is 0 Å². The summed E-state index contributed by atoms with van der Waals surface area (Å²) in [5.41, 5.74) is 0.494. The molecule has 0 unspecified atom stereocenters. The van der Waals surface area contributed by atoms with Crippen LogP contribution in [-0.4, -0.2) is 43.7 Å². The molecule has 138 valence electrons. The smallest absolute Gasteiger partial charge is 0.234 e. The molecule has 1 aromatic carbocycles. The quantitative estimate of drug-likeness (QED) is 0.806. The molecule has 2 aromatic rings. The minimum Gasteiger partial charge on any atom is -0.467 e. The summed E-state index contributed by atoms with van der Waals surface area (Å²) in [6.45, 7) is 0.286. The predicted octanol–water partition coefficient (Wildman–Crippen LogP) is 2.15. The highest BCUT2D eigenvalue weighted by Crippen LogP contribution is 2.33. The lowest BCUT2D eigenvalue weighted by Crippen LogP contribution is -2.28. The van der Waals surface area contributed by atoms with E-state index in [1.54, 1.807) is 25.2 Å². The fraction of sp³-hybridized carbons (Fsp3) is 0.294. The standard InChI is InChI=1S/C17H18N2O5S2/c1-19(10-12-3-2-7-24-12)17(21)6-8-26(22,23)13-4-5-15-14(9-13)18-16(20)11-25-15/h2-5,7,9H,6,8,10-11H2,1H3,(H,18,20). The van der Waals surface area contributed by atoms with E-state index in [1.165, 1.54) is 35.1 Å². The van der Waals surface area contributed by atoms with Gasteiger partial charge in [0.05, 0.1) is 34.9 Å². The number of thioether (sulfide) groups is 1. The van der Waals surface area contributed by atoms with Crippen molar-refractivity contribution < 1.29 is 22.4 Å². The van der Waals surface area contributed by atoms with E-state index in [0.717, 1.165) is 4.90 Å². The Labute approximate surface area is 155 Å². The molecule has 7 nitrogen and oxygen atoms in total. The van der Waals surface area contributed by atoms with Gasteiger partial charge in [-0.3, -0.25) is 9.59 Å². The van der Waals surface area contributed by atoms with E-state index in [2.05, 4.69) is 5.32 Å². The fourth-order valence-electron chi connectivity index (χ4n) is 2.51. The van der Waals surface area contributed by atoms with E-state index in [1.807, 2.05) is 0 Å². The largest absolute Gasteiger partial charge is 0.467 e. The highest BCUT2D eigenvalue weighted by molar-refractivity contribution is 8.00. The molecule has 2 amide bonds. The average molecular weight is 394 g/mol. The lowest BCUT2D eigenvalue weighted by Gasteiger charge is -2.18. The second-order valence-corrected chi connectivity index (χ2v) is 9.02. The van der Waals surface area contributed by atoms with Crippen molar-refractivity contribution in [2.45, 2.75) is 22.8 Å². The van der Waals surface area contributed by atoms with Crippen LogP contribution in [0.5, 0.6) is 0 Å². The van der Waals surface area contributed by atoms with Crippen LogP contribution < -0.4 is 5.32 Å². The van der Waals surface area contributed by atoms with Gasteiger partial charge in [0.2, 0.25) is 11.8 Å². The van der Waals surface area contributed by atoms with Crippen LogP contribution >= 0.6 is 11.8 Å². The zero-order valence-electron chi connectivity index (χ0n) is 14.1. The van der Waals surface area contributed by atoms with Crippen LogP contribution in [0, 0.1) is 0 Å². The van der Waals surface area contributed by atoms with Gasteiger partial charge in [0.15, 0.2) is 9.84 Å². The Morgan fingerprint density at radius 1 is 1.35 bits per heavy atom. The van der Waals surface area contributed by atoms with Gasteiger partial charge in [0.1, 0.15) is 5.76 Å². The molecular formula is C17H18N2O5S2. The number of fused-ring (bicyclic) bond motifs is 1. The maximum atomic E-state index is 12.5. The number of carbonyl (C=O) groups is 2. The van der Waals surface area contributed by atoms with Crippen molar-refractivity contribution in [2.75, 3.05) is 23.9 Å². The lowest BCUT2D eigenvalue weighted by molar-refractivity contribution is -0.130. The van der Waals surface area contributed by atoms with E-state index in [4.69, 9.17) is 4.42 Å². The van der Waals surface area contributed by atoms with E-state index < -0.39 is 9.84 Å². The van der Waals surface area contributed by atoms with E-state index >= 15 is 0 Å². The van der Waals surface area contributed by atoms with Gasteiger partial charge in [-0.1, -0.05) is 0 Å². The van der Waals surface area contributed by atoms with Crippen molar-refractivity contribution in [3.8, 4) is 0 Å². The van der Waals surface area contributed by atoms with E-state index in [9.17, 15) is 18.0 Å². The van der Waals surface area contributed by atoms with E-state index in [-0.39, 0.29) is 35.4 Å². The molecule has 2 heterocycles. The molecule has 0 bridgehead atoms. The van der Waals surface area contributed by atoms with Crippen LogP contribution in [0.1, 0.15) is 12.2 Å². The first kappa shape index (κ1) is 18.5. The maximum Gasteiger partial charge on any atom is 0.234 e. The van der Waals surface area contributed by atoms with Crippen LogP contribution in [-0.2, 0) is 26.0 Å². The van der Waals surface area contributed by atoms with Gasteiger partial charge in [0.25, 0.3) is 0 Å². The molecule has 0 saturated carbocycles. The van der Waals surface area contributed by atoms with Crippen molar-refractivity contribution in [3.63, 3.8) is 0 Å². The topological polar surface area (TPSA) is 96.7 Å². The molecule has 1 aliphatic rings. The first-order valence-corrected chi connectivity index (χ1v) is 10.5. The SMILES string of the molecule is CN(Cc1ccco1)C(=O)CCS(=O)(=O)c1ccc2c(c1)NC(=O)CS2. The van der Waals surface area contributed by atoms with Gasteiger partial charge < -0.3 is 14.6 Å². The van der Waals surface area contributed by atoms with Crippen LogP contribution in [0.15, 0.2) is 50.8 Å². The summed E-state index contributed by atoms with van der Waals surface area (Å²) in [4.78, 5) is 26.0. The minimum atomic E-state index is -3.63. The number of anilines is 1. The molecule has 26 heavy (non-hydrogen) atoms. The van der Waals surface area contributed by atoms with Gasteiger partial charge in [-0.2, -0.15) is 0 Å². The fourth-order valence-corrected chi connectivity index (χ4v) is 4.55. The molecule has 1 aromatic heterocycles. The molecule has 0 aliphatic carbocycles. The molecule has 1 aliphatic heterocycles. The Bertz CT molecular complexity index is 923. The van der Waals surface area contributed by atoms with E-state index in [0.29, 0.717) is 17.2 Å². The summed E-state index contributed by atoms with van der Waals surface area (Å²) >= 11 is 1.36. The highest BCUT2D eigenvalue weighted by Gasteiger charge is 2.22. The van der Waals surface area contributed by atoms with Crippen LogP contribution in [0.3, 0.4) is 0 Å². The molecule has 0 atom stereocenters. The zero-order valence-corrected chi connectivity index (χ0v) is 15.7. The van der Waals surface area contributed by atoms with Crippen molar-refractivity contribution in [3.05, 3.63) is 42.4 Å². The van der Waals surface area contributed by atoms with Gasteiger partial charge in [-0.25, -0.2) is 8.42 Å². The first-order valence-electron chi connectivity index (χ1n) is 7.91. The van der Waals surface area contributed by atoms with Gasteiger partial charge in [0, 0.05) is 18.4 Å². The maximum absolute atomic E-state index is 12.5. The second kappa shape index (κ2) is 7.55. The monoisotopic (exact) mass is 394 g/mol. The molecule has 0 saturated heterocycles. The first-order chi connectivity index (χ1) is 12.3. The number of furan rings is 1. The third kappa shape index (κ3) is 4.28. The molecule has 3 rings (SSSR count). The number of sulfone groups is 1. The van der Waals surface area contributed by atoms with Crippen LogP contribution in [0.25, 0.3) is 0 Å². The normalized spacial score (nSPS) is 13.8. The average Bonchev–Trinajstić information content (AvgIpc) is 3.12. The second-order valence-electron chi connectivity index (χ2n) is 5.89. The molecule has 1 N–H and O–H groups in total.